The molecule has 1 fully saturated rings. The summed E-state index contributed by atoms with van der Waals surface area (Å²) >= 11 is 0. The zero-order valence-electron chi connectivity index (χ0n) is 10.4. The molecular formula is C12H11N3O4S. The second kappa shape index (κ2) is 5.30. The maximum Gasteiger partial charge on any atom is 0.324 e. The van der Waals surface area contributed by atoms with E-state index in [0.29, 0.717) is 5.56 Å². The van der Waals surface area contributed by atoms with Crippen LogP contribution in [0.3, 0.4) is 0 Å². The molecule has 1 aliphatic heterocycles. The number of nitrogens with one attached hydrogen (secondary N) is 1. The Morgan fingerprint density at radius 1 is 1.25 bits per heavy atom. The zero-order valence-corrected chi connectivity index (χ0v) is 11.2. The van der Waals surface area contributed by atoms with Crippen LogP contribution in [0.2, 0.25) is 0 Å². The molecule has 1 heterocycles. The number of nitrogens with zero attached hydrogens (tertiary/aromatic N) is 2. The van der Waals surface area contributed by atoms with Crippen LogP contribution in [-0.4, -0.2) is 44.1 Å². The normalized spacial score (nSPS) is 15.1. The van der Waals surface area contributed by atoms with Gasteiger partial charge in [0.15, 0.2) is 9.84 Å². The summed E-state index contributed by atoms with van der Waals surface area (Å²) in [5.41, 5.74) is 0.369. The maximum absolute atomic E-state index is 12.1. The third-order valence-corrected chi connectivity index (χ3v) is 4.55. The number of sulfone groups is 1. The number of benzene rings is 1. The molecule has 0 aromatic heterocycles. The van der Waals surface area contributed by atoms with Crippen LogP contribution >= 0.6 is 0 Å². The highest BCUT2D eigenvalue weighted by atomic mass is 32.2. The Kier molecular flexibility index (Phi) is 3.72. The zero-order chi connectivity index (χ0) is 14.8. The van der Waals surface area contributed by atoms with Crippen LogP contribution in [0.4, 0.5) is 4.79 Å². The molecule has 1 aliphatic rings. The van der Waals surface area contributed by atoms with Gasteiger partial charge in [-0.05, 0) is 24.3 Å². The molecule has 3 amide bonds. The van der Waals surface area contributed by atoms with E-state index in [-0.39, 0.29) is 23.7 Å². The molecule has 8 heteroatoms. The number of nitriles is 1. The smallest absolute Gasteiger partial charge is 0.314 e. The fraction of sp³-hybridized carbons (Fsp3) is 0.250. The van der Waals surface area contributed by atoms with E-state index in [9.17, 15) is 18.0 Å². The molecular weight excluding hydrogens is 282 g/mol. The molecule has 20 heavy (non-hydrogen) atoms. The van der Waals surface area contributed by atoms with E-state index >= 15 is 0 Å². The first-order valence-corrected chi connectivity index (χ1v) is 7.39. The number of imide groups is 1. The van der Waals surface area contributed by atoms with Crippen LogP contribution in [0.15, 0.2) is 29.2 Å². The fourth-order valence-electron chi connectivity index (χ4n) is 1.75. The minimum Gasteiger partial charge on any atom is -0.314 e. The topological polar surface area (TPSA) is 107 Å². The highest BCUT2D eigenvalue weighted by Gasteiger charge is 2.28. The second-order valence-corrected chi connectivity index (χ2v) is 6.34. The number of rotatable bonds is 4. The van der Waals surface area contributed by atoms with E-state index in [4.69, 9.17) is 5.26 Å². The maximum atomic E-state index is 12.1. The summed E-state index contributed by atoms with van der Waals surface area (Å²) in [5.74, 6) is -0.717. The van der Waals surface area contributed by atoms with Crippen molar-refractivity contribution < 1.29 is 18.0 Å². The lowest BCUT2D eigenvalue weighted by Crippen LogP contribution is -2.32. The van der Waals surface area contributed by atoms with Crippen molar-refractivity contribution >= 4 is 21.8 Å². The molecule has 0 bridgehead atoms. The molecule has 1 aromatic rings. The predicted molar refractivity (Wildman–Crippen MR) is 68.3 cm³/mol. The van der Waals surface area contributed by atoms with Crippen molar-refractivity contribution in [1.29, 1.82) is 5.26 Å². The van der Waals surface area contributed by atoms with E-state index < -0.39 is 21.8 Å². The van der Waals surface area contributed by atoms with Crippen LogP contribution in [0.1, 0.15) is 5.56 Å². The van der Waals surface area contributed by atoms with Gasteiger partial charge in [-0.15, -0.1) is 0 Å². The molecule has 1 saturated heterocycles. The Bertz CT molecular complexity index is 688. The van der Waals surface area contributed by atoms with Crippen molar-refractivity contribution in [3.8, 4) is 6.07 Å². The van der Waals surface area contributed by atoms with E-state index in [1.807, 2.05) is 6.07 Å². The van der Waals surface area contributed by atoms with Crippen LogP contribution in [0.5, 0.6) is 0 Å². The summed E-state index contributed by atoms with van der Waals surface area (Å²) in [6.07, 6.45) is 0. The summed E-state index contributed by atoms with van der Waals surface area (Å²) in [5, 5.41) is 10.7. The third-order valence-electron chi connectivity index (χ3n) is 2.84. The first kappa shape index (κ1) is 14.0. The van der Waals surface area contributed by atoms with Crippen molar-refractivity contribution in [2.24, 2.45) is 0 Å². The van der Waals surface area contributed by atoms with Crippen molar-refractivity contribution in [2.45, 2.75) is 4.90 Å². The lowest BCUT2D eigenvalue weighted by atomic mass is 10.2. The second-order valence-electron chi connectivity index (χ2n) is 4.23. The highest BCUT2D eigenvalue weighted by Crippen LogP contribution is 2.13. The number of hydrogen-bond donors (Lipinski definition) is 1. The molecule has 104 valence electrons. The van der Waals surface area contributed by atoms with E-state index in [1.54, 1.807) is 0 Å². The molecule has 0 unspecified atom stereocenters. The lowest BCUT2D eigenvalue weighted by molar-refractivity contribution is -0.118. The summed E-state index contributed by atoms with van der Waals surface area (Å²) in [7, 11) is -3.56. The van der Waals surface area contributed by atoms with Crippen LogP contribution in [0, 0.1) is 11.3 Å². The molecule has 0 aliphatic carbocycles. The largest absolute Gasteiger partial charge is 0.324 e. The Hall–Kier alpha value is -2.40. The Morgan fingerprint density at radius 3 is 2.40 bits per heavy atom. The number of carbonyl (C=O) groups excluding carboxylic acids is 2. The molecule has 0 atom stereocenters. The first-order valence-electron chi connectivity index (χ1n) is 5.74. The monoisotopic (exact) mass is 293 g/mol. The van der Waals surface area contributed by atoms with E-state index in [0.717, 1.165) is 4.90 Å². The van der Waals surface area contributed by atoms with Crippen molar-refractivity contribution in [3.63, 3.8) is 0 Å². The van der Waals surface area contributed by atoms with E-state index in [2.05, 4.69) is 5.32 Å². The Morgan fingerprint density at radius 2 is 1.90 bits per heavy atom. The average molecular weight is 293 g/mol. The number of amides is 3. The SMILES string of the molecule is N#Cc1ccc(S(=O)(=O)CCN2CC(=O)NC2=O)cc1. The number of urea groups is 1. The summed E-state index contributed by atoms with van der Waals surface area (Å²) in [6.45, 7) is -0.179. The van der Waals surface area contributed by atoms with Gasteiger partial charge in [-0.1, -0.05) is 0 Å². The lowest BCUT2D eigenvalue weighted by Gasteiger charge is -2.12. The molecule has 0 saturated carbocycles. The Labute approximate surface area is 115 Å². The number of carbonyl (C=O) groups is 2. The van der Waals surface area contributed by atoms with Gasteiger partial charge in [0.05, 0.1) is 22.3 Å². The first-order chi connectivity index (χ1) is 9.42. The molecule has 2 rings (SSSR count). The van der Waals surface area contributed by atoms with Crippen molar-refractivity contribution in [1.82, 2.24) is 10.2 Å². The van der Waals surface area contributed by atoms with Gasteiger partial charge >= 0.3 is 6.03 Å². The van der Waals surface area contributed by atoms with Gasteiger partial charge in [0, 0.05) is 6.54 Å². The van der Waals surface area contributed by atoms with Gasteiger partial charge in [0.2, 0.25) is 5.91 Å². The molecule has 1 N–H and O–H groups in total. The predicted octanol–water partition coefficient (Wildman–Crippen LogP) is -0.116. The molecule has 7 nitrogen and oxygen atoms in total. The fourth-order valence-corrected chi connectivity index (χ4v) is 3.00. The standard InChI is InChI=1S/C12H11N3O4S/c13-7-9-1-3-10(4-2-9)20(18,19)6-5-15-8-11(16)14-12(15)17/h1-4H,5-6,8H2,(H,14,16,17). The molecule has 0 radical (unpaired) electrons. The Balaban J connectivity index is 2.06. The summed E-state index contributed by atoms with van der Waals surface area (Å²) < 4.78 is 24.1. The summed E-state index contributed by atoms with van der Waals surface area (Å²) in [4.78, 5) is 23.5. The van der Waals surface area contributed by atoms with Gasteiger partial charge in [0.25, 0.3) is 0 Å². The minimum absolute atomic E-state index is 0.0556. The van der Waals surface area contributed by atoms with Gasteiger partial charge in [-0.3, -0.25) is 10.1 Å². The van der Waals surface area contributed by atoms with Gasteiger partial charge < -0.3 is 4.90 Å². The van der Waals surface area contributed by atoms with Crippen LogP contribution < -0.4 is 5.32 Å². The molecule has 1 aromatic carbocycles. The number of hydrogen-bond acceptors (Lipinski definition) is 5. The van der Waals surface area contributed by atoms with Gasteiger partial charge in [-0.25, -0.2) is 13.2 Å². The summed E-state index contributed by atoms with van der Waals surface area (Å²) in [6, 6.07) is 6.85. The van der Waals surface area contributed by atoms with Crippen LogP contribution in [-0.2, 0) is 14.6 Å². The highest BCUT2D eigenvalue weighted by molar-refractivity contribution is 7.91. The quantitative estimate of drug-likeness (QED) is 0.779. The van der Waals surface area contributed by atoms with Crippen molar-refractivity contribution in [2.75, 3.05) is 18.8 Å². The van der Waals surface area contributed by atoms with Crippen molar-refractivity contribution in [3.05, 3.63) is 29.8 Å². The van der Waals surface area contributed by atoms with Gasteiger partial charge in [-0.2, -0.15) is 5.26 Å². The minimum atomic E-state index is -3.56. The van der Waals surface area contributed by atoms with E-state index in [1.165, 1.54) is 24.3 Å². The van der Waals surface area contributed by atoms with Crippen LogP contribution in [0.25, 0.3) is 0 Å². The third kappa shape index (κ3) is 2.95. The van der Waals surface area contributed by atoms with Gasteiger partial charge in [0.1, 0.15) is 6.54 Å². The average Bonchev–Trinajstić information content (AvgIpc) is 2.75. The molecule has 0 spiro atoms.